The van der Waals surface area contributed by atoms with Crippen molar-refractivity contribution in [2.75, 3.05) is 23.4 Å². The SMILES string of the molecule is CCNc1cc(NC2CCC(SC)CC2)nc(CC)n1. The first-order valence-corrected chi connectivity index (χ1v) is 8.95. The van der Waals surface area contributed by atoms with Crippen molar-refractivity contribution in [1.29, 1.82) is 0 Å². The van der Waals surface area contributed by atoms with Crippen LogP contribution in [0.1, 0.15) is 45.4 Å². The Morgan fingerprint density at radius 3 is 2.45 bits per heavy atom. The minimum Gasteiger partial charge on any atom is -0.370 e. The van der Waals surface area contributed by atoms with E-state index in [-0.39, 0.29) is 0 Å². The molecule has 0 unspecified atom stereocenters. The summed E-state index contributed by atoms with van der Waals surface area (Å²) in [5.41, 5.74) is 0. The second kappa shape index (κ2) is 7.72. The van der Waals surface area contributed by atoms with Gasteiger partial charge < -0.3 is 10.6 Å². The van der Waals surface area contributed by atoms with Crippen LogP contribution in [0.3, 0.4) is 0 Å². The maximum absolute atomic E-state index is 4.60. The van der Waals surface area contributed by atoms with Gasteiger partial charge in [-0.15, -0.1) is 0 Å². The molecule has 0 amide bonds. The Kier molecular flexibility index (Phi) is 5.95. The van der Waals surface area contributed by atoms with E-state index in [9.17, 15) is 0 Å². The van der Waals surface area contributed by atoms with Crippen LogP contribution >= 0.6 is 11.8 Å². The molecule has 112 valence electrons. The quantitative estimate of drug-likeness (QED) is 0.840. The van der Waals surface area contributed by atoms with Crippen LogP contribution in [0.2, 0.25) is 0 Å². The van der Waals surface area contributed by atoms with Gasteiger partial charge in [-0.3, -0.25) is 0 Å². The van der Waals surface area contributed by atoms with Crippen LogP contribution in [0.5, 0.6) is 0 Å². The van der Waals surface area contributed by atoms with Gasteiger partial charge in [0.05, 0.1) is 0 Å². The molecule has 0 spiro atoms. The van der Waals surface area contributed by atoms with Crippen LogP contribution in [-0.4, -0.2) is 34.1 Å². The third-order valence-electron chi connectivity index (χ3n) is 3.81. The van der Waals surface area contributed by atoms with E-state index in [0.717, 1.165) is 35.7 Å². The highest BCUT2D eigenvalue weighted by Gasteiger charge is 2.20. The summed E-state index contributed by atoms with van der Waals surface area (Å²) in [5, 5.41) is 7.73. The van der Waals surface area contributed by atoms with Gasteiger partial charge in [0.25, 0.3) is 0 Å². The second-order valence-electron chi connectivity index (χ2n) is 5.29. The molecule has 0 aliphatic heterocycles. The molecular weight excluding hydrogens is 268 g/mol. The van der Waals surface area contributed by atoms with Crippen molar-refractivity contribution in [1.82, 2.24) is 9.97 Å². The van der Waals surface area contributed by atoms with E-state index in [1.165, 1.54) is 25.7 Å². The number of hydrogen-bond donors (Lipinski definition) is 2. The molecule has 5 heteroatoms. The Balaban J connectivity index is 1.99. The van der Waals surface area contributed by atoms with Gasteiger partial charge >= 0.3 is 0 Å². The first-order valence-electron chi connectivity index (χ1n) is 7.66. The zero-order valence-corrected chi connectivity index (χ0v) is 13.6. The lowest BCUT2D eigenvalue weighted by molar-refractivity contribution is 0.472. The summed E-state index contributed by atoms with van der Waals surface area (Å²) in [6.07, 6.45) is 8.20. The molecule has 20 heavy (non-hydrogen) atoms. The van der Waals surface area contributed by atoms with E-state index in [4.69, 9.17) is 0 Å². The first kappa shape index (κ1) is 15.4. The monoisotopic (exact) mass is 294 g/mol. The Morgan fingerprint density at radius 2 is 1.85 bits per heavy atom. The van der Waals surface area contributed by atoms with Gasteiger partial charge in [-0.25, -0.2) is 9.97 Å². The van der Waals surface area contributed by atoms with Crippen LogP contribution in [0.25, 0.3) is 0 Å². The number of rotatable bonds is 6. The number of aryl methyl sites for hydroxylation is 1. The zero-order chi connectivity index (χ0) is 14.4. The molecule has 1 saturated carbocycles. The van der Waals surface area contributed by atoms with Gasteiger partial charge in [-0.1, -0.05) is 6.92 Å². The van der Waals surface area contributed by atoms with E-state index in [0.29, 0.717) is 6.04 Å². The van der Waals surface area contributed by atoms with Crippen LogP contribution in [0.4, 0.5) is 11.6 Å². The summed E-state index contributed by atoms with van der Waals surface area (Å²) in [5.74, 6) is 2.81. The van der Waals surface area contributed by atoms with Crippen LogP contribution in [0, 0.1) is 0 Å². The highest BCUT2D eigenvalue weighted by atomic mass is 32.2. The van der Waals surface area contributed by atoms with E-state index >= 15 is 0 Å². The molecule has 0 atom stereocenters. The number of nitrogens with one attached hydrogen (secondary N) is 2. The predicted octanol–water partition coefficient (Wildman–Crippen LogP) is 3.56. The highest BCUT2D eigenvalue weighted by Crippen LogP contribution is 2.28. The number of aromatic nitrogens is 2. The lowest BCUT2D eigenvalue weighted by Crippen LogP contribution is -2.27. The van der Waals surface area contributed by atoms with Gasteiger partial charge in [0.2, 0.25) is 0 Å². The van der Waals surface area contributed by atoms with Crippen LogP contribution < -0.4 is 10.6 Å². The molecular formula is C15H26N4S. The van der Waals surface area contributed by atoms with Crippen molar-refractivity contribution in [2.24, 2.45) is 0 Å². The number of nitrogens with zero attached hydrogens (tertiary/aromatic N) is 2. The molecule has 1 fully saturated rings. The summed E-state index contributed by atoms with van der Waals surface area (Å²) < 4.78 is 0. The fraction of sp³-hybridized carbons (Fsp3) is 0.733. The van der Waals surface area contributed by atoms with E-state index < -0.39 is 0 Å². The lowest BCUT2D eigenvalue weighted by Gasteiger charge is -2.28. The van der Waals surface area contributed by atoms with Crippen molar-refractivity contribution in [3.63, 3.8) is 0 Å². The maximum Gasteiger partial charge on any atom is 0.132 e. The summed E-state index contributed by atoms with van der Waals surface area (Å²) in [6.45, 7) is 5.07. The molecule has 2 N–H and O–H groups in total. The normalized spacial score (nSPS) is 22.6. The summed E-state index contributed by atoms with van der Waals surface area (Å²) in [7, 11) is 0. The maximum atomic E-state index is 4.60. The molecule has 0 aromatic carbocycles. The van der Waals surface area contributed by atoms with Crippen LogP contribution in [0.15, 0.2) is 6.07 Å². The van der Waals surface area contributed by atoms with E-state index in [1.54, 1.807) is 0 Å². The molecule has 0 saturated heterocycles. The summed E-state index contributed by atoms with van der Waals surface area (Å²) >= 11 is 2.01. The average Bonchev–Trinajstić information content (AvgIpc) is 2.48. The van der Waals surface area contributed by atoms with Crippen molar-refractivity contribution in [3.8, 4) is 0 Å². The lowest BCUT2D eigenvalue weighted by atomic mass is 9.95. The zero-order valence-electron chi connectivity index (χ0n) is 12.8. The van der Waals surface area contributed by atoms with E-state index in [2.05, 4.69) is 40.7 Å². The van der Waals surface area contributed by atoms with Gasteiger partial charge in [-0.2, -0.15) is 11.8 Å². The minimum atomic E-state index is 0.562. The van der Waals surface area contributed by atoms with Gasteiger partial charge in [0, 0.05) is 30.3 Å². The molecule has 0 bridgehead atoms. The van der Waals surface area contributed by atoms with Gasteiger partial charge in [-0.05, 0) is 38.9 Å². The smallest absolute Gasteiger partial charge is 0.132 e. The van der Waals surface area contributed by atoms with Crippen molar-refractivity contribution < 1.29 is 0 Å². The Bertz CT molecular complexity index is 416. The molecule has 1 aromatic rings. The minimum absolute atomic E-state index is 0.562. The highest BCUT2D eigenvalue weighted by molar-refractivity contribution is 7.99. The topological polar surface area (TPSA) is 49.8 Å². The number of thioether (sulfide) groups is 1. The fourth-order valence-corrected chi connectivity index (χ4v) is 3.40. The average molecular weight is 294 g/mol. The first-order chi connectivity index (χ1) is 9.75. The third-order valence-corrected chi connectivity index (χ3v) is 4.94. The van der Waals surface area contributed by atoms with Crippen molar-refractivity contribution in [3.05, 3.63) is 11.9 Å². The largest absolute Gasteiger partial charge is 0.370 e. The predicted molar refractivity (Wildman–Crippen MR) is 88.8 cm³/mol. The third kappa shape index (κ3) is 4.27. The summed E-state index contributed by atoms with van der Waals surface area (Å²) in [6, 6.07) is 2.59. The Labute approximate surface area is 126 Å². The van der Waals surface area contributed by atoms with Gasteiger partial charge in [0.1, 0.15) is 17.5 Å². The fourth-order valence-electron chi connectivity index (χ4n) is 2.65. The molecule has 0 radical (unpaired) electrons. The standard InChI is InChI=1S/C15H26N4S/c1-4-13-18-14(16-5-2)10-15(19-13)17-11-6-8-12(20-3)9-7-11/h10-12H,4-9H2,1-3H3,(H2,16,17,18,19). The van der Waals surface area contributed by atoms with E-state index in [1.807, 2.05) is 17.8 Å². The molecule has 1 aromatic heterocycles. The molecule has 4 nitrogen and oxygen atoms in total. The Hall–Kier alpha value is -0.970. The second-order valence-corrected chi connectivity index (χ2v) is 6.43. The molecule has 1 heterocycles. The number of hydrogen-bond acceptors (Lipinski definition) is 5. The van der Waals surface area contributed by atoms with Crippen molar-refractivity contribution >= 4 is 23.4 Å². The molecule has 1 aliphatic rings. The van der Waals surface area contributed by atoms with Crippen molar-refractivity contribution in [2.45, 2.75) is 57.2 Å². The molecule has 2 rings (SSSR count). The number of anilines is 2. The Morgan fingerprint density at radius 1 is 1.15 bits per heavy atom. The van der Waals surface area contributed by atoms with Gasteiger partial charge in [0.15, 0.2) is 0 Å². The van der Waals surface area contributed by atoms with Crippen LogP contribution in [-0.2, 0) is 6.42 Å². The summed E-state index contributed by atoms with van der Waals surface area (Å²) in [4.78, 5) is 9.09. The molecule has 1 aliphatic carbocycles.